The van der Waals surface area contributed by atoms with E-state index in [9.17, 15) is 18.3 Å². The van der Waals surface area contributed by atoms with Crippen LogP contribution in [0, 0.1) is 11.8 Å². The van der Waals surface area contributed by atoms with Gasteiger partial charge in [0.1, 0.15) is 9.96 Å². The molecular weight excluding hydrogens is 538 g/mol. The van der Waals surface area contributed by atoms with Crippen LogP contribution >= 0.6 is 23.1 Å². The van der Waals surface area contributed by atoms with E-state index in [1.54, 1.807) is 42.8 Å². The largest absolute Gasteiger partial charge is 0.493 e. The summed E-state index contributed by atoms with van der Waals surface area (Å²) >= 11 is 7.53. The molecule has 0 spiro atoms. The van der Waals surface area contributed by atoms with Crippen LogP contribution in [0.25, 0.3) is 0 Å². The molecule has 3 atom stereocenters. The quantitative estimate of drug-likeness (QED) is 0.194. The number of amides is 1. The third kappa shape index (κ3) is 10.2. The van der Waals surface area contributed by atoms with Crippen LogP contribution < -0.4 is 15.2 Å². The number of hydrogen-bond acceptors (Lipinski definition) is 8. The van der Waals surface area contributed by atoms with Crippen LogP contribution in [0.4, 0.5) is 0 Å². The van der Waals surface area contributed by atoms with Gasteiger partial charge in [-0.1, -0.05) is 32.0 Å². The summed E-state index contributed by atoms with van der Waals surface area (Å²) in [5.41, 5.74) is 6.58. The molecule has 1 amide bonds. The fraction of sp³-hybridized carbons (Fsp3) is 0.560. The number of carbonyl (C=O) groups excluding carboxylic acids is 1. The predicted molar refractivity (Wildman–Crippen MR) is 146 cm³/mol. The molecule has 1 aromatic heterocycles. The van der Waals surface area contributed by atoms with E-state index in [1.165, 1.54) is 6.07 Å². The van der Waals surface area contributed by atoms with E-state index in [0.29, 0.717) is 30.9 Å². The van der Waals surface area contributed by atoms with Gasteiger partial charge in [0.05, 0.1) is 18.3 Å². The molecule has 0 unspecified atom stereocenters. The lowest BCUT2D eigenvalue weighted by molar-refractivity contribution is 0.0816. The standard InChI is InChI=1S/C25H38ClN3O6S2/c1-18(2)19(15-21(27)22(30)16-28-37(32,33)24-11-8-14-36-24)17-29(26)25(31)20-9-4-5-10-23(20)35-13-7-6-12-34-3/h4-5,8-11,14,18-19,21-22,28,30H,6-7,12-13,15-17,27H2,1-3H3/t19-,21+,22+/m1/s1. The number of nitrogens with zero attached hydrogens (tertiary/aromatic N) is 1. The SMILES string of the molecule is COCCCCOc1ccccc1C(=O)N(Cl)C[C@@H](C[C@H](N)[C@@H](O)CNS(=O)(=O)c1cccs1)C(C)C. The van der Waals surface area contributed by atoms with Gasteiger partial charge >= 0.3 is 0 Å². The minimum Gasteiger partial charge on any atom is -0.493 e. The van der Waals surface area contributed by atoms with Crippen molar-refractivity contribution in [1.82, 2.24) is 9.14 Å². The van der Waals surface area contributed by atoms with E-state index in [4.69, 9.17) is 27.0 Å². The molecule has 208 valence electrons. The number of benzene rings is 1. The average molecular weight is 576 g/mol. The van der Waals surface area contributed by atoms with Gasteiger partial charge in [0.2, 0.25) is 10.0 Å². The molecule has 37 heavy (non-hydrogen) atoms. The highest BCUT2D eigenvalue weighted by Gasteiger charge is 2.28. The molecule has 1 aromatic carbocycles. The highest BCUT2D eigenvalue weighted by atomic mass is 35.5. The maximum Gasteiger partial charge on any atom is 0.271 e. The van der Waals surface area contributed by atoms with Crippen LogP contribution in [-0.2, 0) is 14.8 Å². The first-order chi connectivity index (χ1) is 17.6. The molecule has 12 heteroatoms. The molecule has 0 aliphatic rings. The zero-order valence-electron chi connectivity index (χ0n) is 21.5. The van der Waals surface area contributed by atoms with E-state index in [-0.39, 0.29) is 29.1 Å². The number of nitrogens with one attached hydrogen (secondary N) is 1. The second kappa shape index (κ2) is 15.6. The molecule has 9 nitrogen and oxygen atoms in total. The Labute approximate surface area is 229 Å². The first-order valence-electron chi connectivity index (χ1n) is 12.2. The molecule has 0 bridgehead atoms. The van der Waals surface area contributed by atoms with E-state index in [1.807, 2.05) is 13.8 Å². The van der Waals surface area contributed by atoms with Crippen LogP contribution in [0.5, 0.6) is 5.75 Å². The predicted octanol–water partition coefficient (Wildman–Crippen LogP) is 3.48. The van der Waals surface area contributed by atoms with E-state index < -0.39 is 28.1 Å². The number of thiophene rings is 1. The summed E-state index contributed by atoms with van der Waals surface area (Å²) in [6.45, 7) is 5.04. The summed E-state index contributed by atoms with van der Waals surface area (Å²) in [4.78, 5) is 13.1. The second-order valence-corrected chi connectivity index (χ2v) is 12.5. The maximum absolute atomic E-state index is 13.1. The van der Waals surface area contributed by atoms with Crippen molar-refractivity contribution < 1.29 is 27.8 Å². The topological polar surface area (TPSA) is 131 Å². The molecule has 0 fully saturated rings. The molecular formula is C25H38ClN3O6S2. The van der Waals surface area contributed by atoms with Crippen molar-refractivity contribution in [3.63, 3.8) is 0 Å². The first kappa shape index (κ1) is 31.5. The minimum absolute atomic E-state index is 0.0994. The summed E-state index contributed by atoms with van der Waals surface area (Å²) in [5.74, 6) is 0.0314. The van der Waals surface area contributed by atoms with Crippen LogP contribution in [0.2, 0.25) is 0 Å². The summed E-state index contributed by atoms with van der Waals surface area (Å²) in [7, 11) is -2.06. The van der Waals surface area contributed by atoms with Gasteiger partial charge in [0.15, 0.2) is 0 Å². The van der Waals surface area contributed by atoms with Crippen LogP contribution in [0.15, 0.2) is 46.0 Å². The summed E-state index contributed by atoms with van der Waals surface area (Å²) in [6, 6.07) is 9.36. The van der Waals surface area contributed by atoms with Gasteiger partial charge in [-0.05, 0) is 54.7 Å². The number of rotatable bonds is 17. The lowest BCUT2D eigenvalue weighted by Crippen LogP contribution is -2.45. The number of aliphatic hydroxyl groups is 1. The Hall–Kier alpha value is -1.73. The number of hydrogen-bond donors (Lipinski definition) is 3. The van der Waals surface area contributed by atoms with Crippen LogP contribution in [0.3, 0.4) is 0 Å². The van der Waals surface area contributed by atoms with E-state index >= 15 is 0 Å². The zero-order valence-corrected chi connectivity index (χ0v) is 23.9. The van der Waals surface area contributed by atoms with Gasteiger partial charge in [0.25, 0.3) is 5.91 Å². The van der Waals surface area contributed by atoms with Crippen molar-refractivity contribution in [1.29, 1.82) is 0 Å². The minimum atomic E-state index is -3.71. The fourth-order valence-electron chi connectivity index (χ4n) is 3.62. The number of carbonyl (C=O) groups is 1. The number of nitrogens with two attached hydrogens (primary N) is 1. The number of aliphatic hydroxyl groups excluding tert-OH is 1. The van der Waals surface area contributed by atoms with Crippen molar-refractivity contribution in [2.45, 2.75) is 49.5 Å². The fourth-order valence-corrected chi connectivity index (χ4v) is 5.97. The Balaban J connectivity index is 1.95. The smallest absolute Gasteiger partial charge is 0.271 e. The van der Waals surface area contributed by atoms with Crippen molar-refractivity contribution in [3.8, 4) is 5.75 Å². The molecule has 0 radical (unpaired) electrons. The lowest BCUT2D eigenvalue weighted by atomic mass is 9.87. The van der Waals surface area contributed by atoms with Crippen LogP contribution in [0.1, 0.15) is 43.5 Å². The number of para-hydroxylation sites is 1. The number of halogens is 1. The molecule has 4 N–H and O–H groups in total. The summed E-state index contributed by atoms with van der Waals surface area (Å²) < 4.78 is 39.2. The van der Waals surface area contributed by atoms with E-state index in [2.05, 4.69) is 4.72 Å². The third-order valence-electron chi connectivity index (χ3n) is 5.99. The second-order valence-electron chi connectivity index (χ2n) is 9.15. The highest BCUT2D eigenvalue weighted by Crippen LogP contribution is 2.25. The zero-order chi connectivity index (χ0) is 27.4. The molecule has 0 aliphatic carbocycles. The van der Waals surface area contributed by atoms with Gasteiger partial charge in [0, 0.05) is 44.6 Å². The maximum atomic E-state index is 13.1. The molecule has 0 saturated heterocycles. The monoisotopic (exact) mass is 575 g/mol. The number of methoxy groups -OCH3 is 1. The van der Waals surface area contributed by atoms with E-state index in [0.717, 1.165) is 28.6 Å². The average Bonchev–Trinajstić information content (AvgIpc) is 3.42. The van der Waals surface area contributed by atoms with Crippen molar-refractivity contribution in [2.24, 2.45) is 17.6 Å². The Morgan fingerprint density at radius 3 is 2.54 bits per heavy atom. The van der Waals surface area contributed by atoms with Crippen molar-refractivity contribution in [3.05, 3.63) is 47.3 Å². The lowest BCUT2D eigenvalue weighted by Gasteiger charge is -2.29. The Bertz CT molecular complexity index is 1050. The number of sulfonamides is 1. The van der Waals surface area contributed by atoms with Gasteiger partial charge in [-0.25, -0.2) is 13.1 Å². The summed E-state index contributed by atoms with van der Waals surface area (Å²) in [6.07, 6.45) is 0.877. The Morgan fingerprint density at radius 1 is 1.19 bits per heavy atom. The van der Waals surface area contributed by atoms with Crippen molar-refractivity contribution in [2.75, 3.05) is 33.4 Å². The molecule has 0 aliphatic heterocycles. The highest BCUT2D eigenvalue weighted by molar-refractivity contribution is 7.91. The number of unbranched alkanes of at least 4 members (excludes halogenated alkanes) is 1. The van der Waals surface area contributed by atoms with Crippen molar-refractivity contribution >= 4 is 39.0 Å². The molecule has 2 rings (SSSR count). The molecule has 1 heterocycles. The Kier molecular flexibility index (Phi) is 13.3. The van der Waals surface area contributed by atoms with Crippen LogP contribution in [-0.4, -0.2) is 69.4 Å². The van der Waals surface area contributed by atoms with Gasteiger partial charge < -0.3 is 20.3 Å². The van der Waals surface area contributed by atoms with Gasteiger partial charge in [-0.2, -0.15) is 0 Å². The number of ether oxygens (including phenoxy) is 2. The molecule has 2 aromatic rings. The first-order valence-corrected chi connectivity index (χ1v) is 14.9. The van der Waals surface area contributed by atoms with Gasteiger partial charge in [-0.3, -0.25) is 9.21 Å². The Morgan fingerprint density at radius 2 is 1.89 bits per heavy atom. The van der Waals surface area contributed by atoms with Gasteiger partial charge in [-0.15, -0.1) is 11.3 Å². The molecule has 0 saturated carbocycles. The third-order valence-corrected chi connectivity index (χ3v) is 9.10. The normalized spacial score (nSPS) is 14.4. The summed E-state index contributed by atoms with van der Waals surface area (Å²) in [5, 5.41) is 12.2.